The number of rotatable bonds is 3. The van der Waals surface area contributed by atoms with Crippen molar-refractivity contribution in [1.29, 1.82) is 0 Å². The average Bonchev–Trinajstić information content (AvgIpc) is 2.42. The van der Waals surface area contributed by atoms with Crippen LogP contribution in [0.5, 0.6) is 0 Å². The molecule has 2 aromatic rings. The fourth-order valence-electron chi connectivity index (χ4n) is 1.55. The number of anilines is 2. The largest absolute Gasteiger partial charge is 0.320 e. The first-order valence-electron chi connectivity index (χ1n) is 5.40. The van der Waals surface area contributed by atoms with Gasteiger partial charge in [-0.2, -0.15) is 0 Å². The van der Waals surface area contributed by atoms with Crippen molar-refractivity contribution in [2.75, 3.05) is 10.7 Å². The van der Waals surface area contributed by atoms with Crippen LogP contribution in [0.1, 0.15) is 10.4 Å². The molecule has 20 heavy (non-hydrogen) atoms. The highest BCUT2D eigenvalue weighted by molar-refractivity contribution is 9.11. The summed E-state index contributed by atoms with van der Waals surface area (Å²) < 4.78 is 2.39. The Morgan fingerprint density at radius 3 is 2.45 bits per heavy atom. The van der Waals surface area contributed by atoms with Crippen LogP contribution in [0.15, 0.2) is 43.9 Å². The molecule has 0 aliphatic heterocycles. The molecule has 0 saturated carbocycles. The third-order valence-electron chi connectivity index (χ3n) is 2.43. The molecule has 0 unspecified atom stereocenters. The van der Waals surface area contributed by atoms with Gasteiger partial charge in [-0.1, -0.05) is 15.9 Å². The Hall–Kier alpha value is -0.960. The van der Waals surface area contributed by atoms with Gasteiger partial charge in [0.25, 0.3) is 5.91 Å². The molecule has 5 nitrogen and oxygen atoms in total. The molecular weight excluding hydrogens is 456 g/mol. The minimum absolute atomic E-state index is 0.310. The molecule has 0 aliphatic carbocycles. The molecule has 0 radical (unpaired) electrons. The number of benzene rings is 1. The van der Waals surface area contributed by atoms with Crippen LogP contribution in [-0.2, 0) is 0 Å². The molecular formula is C12H9Br3N4O. The summed E-state index contributed by atoms with van der Waals surface area (Å²) in [7, 11) is 0. The standard InChI is InChI=1S/C12H9Br3N4O/c13-6-4-8(14)10(9(15)5-6)18-12(20)7-2-1-3-17-11(7)19-16/h1-5H,16H2,(H,17,19)(H,18,20). The van der Waals surface area contributed by atoms with E-state index in [4.69, 9.17) is 5.84 Å². The molecule has 1 aromatic carbocycles. The Kier molecular flexibility index (Phi) is 5.14. The fraction of sp³-hybridized carbons (Fsp3) is 0. The minimum Gasteiger partial charge on any atom is -0.320 e. The van der Waals surface area contributed by atoms with Gasteiger partial charge in [0.15, 0.2) is 5.82 Å². The number of carbonyl (C=O) groups is 1. The molecule has 0 spiro atoms. The van der Waals surface area contributed by atoms with Crippen LogP contribution in [0.4, 0.5) is 11.5 Å². The van der Waals surface area contributed by atoms with Crippen LogP contribution in [0, 0.1) is 0 Å². The van der Waals surface area contributed by atoms with Gasteiger partial charge in [0.2, 0.25) is 0 Å². The Labute approximate surface area is 140 Å². The molecule has 8 heteroatoms. The number of carbonyl (C=O) groups excluding carboxylic acids is 1. The van der Waals surface area contributed by atoms with Crippen LogP contribution in [0.3, 0.4) is 0 Å². The van der Waals surface area contributed by atoms with E-state index in [2.05, 4.69) is 63.5 Å². The number of nitrogens with two attached hydrogens (primary N) is 1. The van der Waals surface area contributed by atoms with Crippen molar-refractivity contribution >= 4 is 65.2 Å². The van der Waals surface area contributed by atoms with Crippen molar-refractivity contribution in [2.45, 2.75) is 0 Å². The topological polar surface area (TPSA) is 80.0 Å². The Morgan fingerprint density at radius 2 is 1.85 bits per heavy atom. The molecule has 0 aliphatic rings. The van der Waals surface area contributed by atoms with Gasteiger partial charge in [0, 0.05) is 19.6 Å². The summed E-state index contributed by atoms with van der Waals surface area (Å²) in [5.41, 5.74) is 3.39. The monoisotopic (exact) mass is 462 g/mol. The molecule has 0 atom stereocenters. The number of hydrazine groups is 1. The Morgan fingerprint density at radius 1 is 1.20 bits per heavy atom. The maximum Gasteiger partial charge on any atom is 0.259 e. The maximum atomic E-state index is 12.3. The van der Waals surface area contributed by atoms with Crippen molar-refractivity contribution < 1.29 is 4.79 Å². The number of hydrogen-bond acceptors (Lipinski definition) is 4. The van der Waals surface area contributed by atoms with Gasteiger partial charge in [0.1, 0.15) is 0 Å². The second kappa shape index (κ2) is 6.66. The van der Waals surface area contributed by atoms with Crippen LogP contribution in [0.25, 0.3) is 0 Å². The van der Waals surface area contributed by atoms with E-state index >= 15 is 0 Å². The summed E-state index contributed by atoms with van der Waals surface area (Å²) in [5.74, 6) is 5.35. The minimum atomic E-state index is -0.310. The zero-order valence-corrected chi connectivity index (χ0v) is 14.7. The Balaban J connectivity index is 2.33. The number of halogens is 3. The summed E-state index contributed by atoms with van der Waals surface area (Å²) in [5, 5.41) is 2.81. The smallest absolute Gasteiger partial charge is 0.259 e. The van der Waals surface area contributed by atoms with Gasteiger partial charge in [0.05, 0.1) is 11.3 Å². The summed E-state index contributed by atoms with van der Waals surface area (Å²) >= 11 is 10.2. The summed E-state index contributed by atoms with van der Waals surface area (Å²) in [4.78, 5) is 16.3. The molecule has 0 bridgehead atoms. The number of nitrogen functional groups attached to an aromatic ring is 1. The van der Waals surface area contributed by atoms with Gasteiger partial charge in [-0.05, 0) is 56.1 Å². The number of nitrogens with zero attached hydrogens (tertiary/aromatic N) is 1. The van der Waals surface area contributed by atoms with E-state index in [1.54, 1.807) is 18.3 Å². The van der Waals surface area contributed by atoms with Gasteiger partial charge in [-0.3, -0.25) is 4.79 Å². The van der Waals surface area contributed by atoms with Crippen molar-refractivity contribution in [3.05, 3.63) is 49.4 Å². The van der Waals surface area contributed by atoms with Crippen molar-refractivity contribution in [3.8, 4) is 0 Å². The molecule has 4 N–H and O–H groups in total. The summed E-state index contributed by atoms with van der Waals surface area (Å²) in [6.07, 6.45) is 1.55. The highest BCUT2D eigenvalue weighted by Crippen LogP contribution is 2.34. The van der Waals surface area contributed by atoms with Gasteiger partial charge in [-0.15, -0.1) is 0 Å². The first kappa shape index (κ1) is 15.4. The first-order valence-corrected chi connectivity index (χ1v) is 7.78. The molecule has 104 valence electrons. The summed E-state index contributed by atoms with van der Waals surface area (Å²) in [6.45, 7) is 0. The van der Waals surface area contributed by atoms with Gasteiger partial charge < -0.3 is 10.7 Å². The van der Waals surface area contributed by atoms with E-state index in [-0.39, 0.29) is 5.91 Å². The third-order valence-corrected chi connectivity index (χ3v) is 4.14. The van der Waals surface area contributed by atoms with E-state index in [0.717, 1.165) is 13.4 Å². The second-order valence-electron chi connectivity index (χ2n) is 3.74. The number of aromatic nitrogens is 1. The molecule has 0 saturated heterocycles. The third kappa shape index (κ3) is 3.38. The number of nitrogens with one attached hydrogen (secondary N) is 2. The summed E-state index contributed by atoms with van der Waals surface area (Å²) in [6, 6.07) is 6.98. The highest BCUT2D eigenvalue weighted by atomic mass is 79.9. The molecule has 2 rings (SSSR count). The SMILES string of the molecule is NNc1ncccc1C(=O)Nc1c(Br)cc(Br)cc1Br. The van der Waals surface area contributed by atoms with Crippen LogP contribution < -0.4 is 16.6 Å². The normalized spacial score (nSPS) is 10.2. The van der Waals surface area contributed by atoms with E-state index < -0.39 is 0 Å². The van der Waals surface area contributed by atoms with Gasteiger partial charge >= 0.3 is 0 Å². The molecule has 1 aromatic heterocycles. The molecule has 1 heterocycles. The fourth-order valence-corrected chi connectivity index (χ4v) is 4.00. The zero-order chi connectivity index (χ0) is 14.7. The average molecular weight is 465 g/mol. The number of amides is 1. The predicted octanol–water partition coefficient (Wildman–Crippen LogP) is 3.91. The number of hydrogen-bond donors (Lipinski definition) is 3. The lowest BCUT2D eigenvalue weighted by molar-refractivity contribution is 0.102. The van der Waals surface area contributed by atoms with E-state index in [1.165, 1.54) is 0 Å². The zero-order valence-electron chi connectivity index (χ0n) is 9.95. The van der Waals surface area contributed by atoms with Crippen LogP contribution >= 0.6 is 47.8 Å². The van der Waals surface area contributed by atoms with E-state index in [0.29, 0.717) is 17.1 Å². The lowest BCUT2D eigenvalue weighted by Gasteiger charge is -2.12. The lowest BCUT2D eigenvalue weighted by atomic mass is 10.2. The number of pyridine rings is 1. The maximum absolute atomic E-state index is 12.3. The molecule has 0 fully saturated rings. The van der Waals surface area contributed by atoms with Crippen molar-refractivity contribution in [1.82, 2.24) is 4.98 Å². The lowest BCUT2D eigenvalue weighted by Crippen LogP contribution is -2.18. The van der Waals surface area contributed by atoms with Gasteiger partial charge in [-0.25, -0.2) is 10.8 Å². The van der Waals surface area contributed by atoms with Crippen LogP contribution in [-0.4, -0.2) is 10.9 Å². The Bertz CT molecular complexity index is 640. The van der Waals surface area contributed by atoms with E-state index in [9.17, 15) is 4.79 Å². The van der Waals surface area contributed by atoms with Crippen LogP contribution in [0.2, 0.25) is 0 Å². The van der Waals surface area contributed by atoms with Crippen molar-refractivity contribution in [2.24, 2.45) is 5.84 Å². The molecule has 1 amide bonds. The van der Waals surface area contributed by atoms with E-state index in [1.807, 2.05) is 12.1 Å². The highest BCUT2D eigenvalue weighted by Gasteiger charge is 2.15. The quantitative estimate of drug-likeness (QED) is 0.475. The van der Waals surface area contributed by atoms with Crippen molar-refractivity contribution in [3.63, 3.8) is 0 Å². The predicted molar refractivity (Wildman–Crippen MR) is 89.5 cm³/mol. The first-order chi connectivity index (χ1) is 9.52. The second-order valence-corrected chi connectivity index (χ2v) is 6.37.